The topological polar surface area (TPSA) is 89.9 Å². The predicted octanol–water partition coefficient (Wildman–Crippen LogP) is 4.87. The fourth-order valence-corrected chi connectivity index (χ4v) is 3.00. The van der Waals surface area contributed by atoms with Gasteiger partial charge in [-0.2, -0.15) is 0 Å². The van der Waals surface area contributed by atoms with Crippen LogP contribution in [-0.2, 0) is 14.3 Å². The van der Waals surface area contributed by atoms with Crippen molar-refractivity contribution in [3.63, 3.8) is 0 Å². The highest BCUT2D eigenvalue weighted by Crippen LogP contribution is 2.40. The molecular weight excluding hydrogens is 407 g/mol. The Balaban J connectivity index is 3.14. The maximum absolute atomic E-state index is 12.5. The van der Waals surface area contributed by atoms with Gasteiger partial charge in [0.1, 0.15) is 5.56 Å². The van der Waals surface area contributed by atoms with Crippen molar-refractivity contribution >= 4 is 52.7 Å². The molecule has 0 spiro atoms. The first-order valence-corrected chi connectivity index (χ1v) is 9.01. The van der Waals surface area contributed by atoms with Crippen LogP contribution in [0.1, 0.15) is 44.0 Å². The van der Waals surface area contributed by atoms with Crippen molar-refractivity contribution in [2.75, 3.05) is 6.61 Å². The van der Waals surface area contributed by atoms with Crippen molar-refractivity contribution in [3.05, 3.63) is 26.7 Å². The summed E-state index contributed by atoms with van der Waals surface area (Å²) in [5.41, 5.74) is -0.391. The van der Waals surface area contributed by atoms with E-state index in [0.717, 1.165) is 18.9 Å². The van der Waals surface area contributed by atoms with E-state index in [1.54, 1.807) is 0 Å². The number of aliphatic carboxylic acids is 1. The van der Waals surface area contributed by atoms with Gasteiger partial charge in [0.25, 0.3) is 0 Å². The van der Waals surface area contributed by atoms with E-state index in [1.165, 1.54) is 0 Å². The van der Waals surface area contributed by atoms with E-state index in [4.69, 9.17) is 44.6 Å². The molecule has 6 nitrogen and oxygen atoms in total. The van der Waals surface area contributed by atoms with Crippen molar-refractivity contribution in [3.8, 4) is 5.75 Å². The van der Waals surface area contributed by atoms with Gasteiger partial charge in [-0.1, -0.05) is 62.0 Å². The molecule has 0 amide bonds. The van der Waals surface area contributed by atoms with Gasteiger partial charge in [0, 0.05) is 0 Å². The summed E-state index contributed by atoms with van der Waals surface area (Å²) in [4.78, 5) is 34.6. The number of benzene rings is 1. The van der Waals surface area contributed by atoms with Crippen molar-refractivity contribution in [1.82, 2.24) is 0 Å². The number of rotatable bonds is 7. The Morgan fingerprint density at radius 2 is 1.77 bits per heavy atom. The summed E-state index contributed by atoms with van der Waals surface area (Å²) in [7, 11) is 0. The van der Waals surface area contributed by atoms with Crippen molar-refractivity contribution < 1.29 is 29.0 Å². The van der Waals surface area contributed by atoms with E-state index in [2.05, 4.69) is 18.6 Å². The minimum atomic E-state index is -1.85. The van der Waals surface area contributed by atoms with Crippen LogP contribution in [0.4, 0.5) is 0 Å². The molecule has 1 atom stereocenters. The van der Waals surface area contributed by atoms with Gasteiger partial charge in [0.2, 0.25) is 0 Å². The highest BCUT2D eigenvalue weighted by atomic mass is 35.5. The smallest absolute Gasteiger partial charge is 0.422 e. The van der Waals surface area contributed by atoms with E-state index >= 15 is 0 Å². The van der Waals surface area contributed by atoms with Crippen molar-refractivity contribution in [2.24, 2.45) is 11.8 Å². The van der Waals surface area contributed by atoms with Crippen LogP contribution in [0.3, 0.4) is 0 Å². The highest BCUT2D eigenvalue weighted by molar-refractivity contribution is 6.46. The third-order valence-corrected chi connectivity index (χ3v) is 4.60. The van der Waals surface area contributed by atoms with Crippen LogP contribution in [-0.4, -0.2) is 29.6 Å². The third-order valence-electron chi connectivity index (χ3n) is 3.53. The molecule has 9 heteroatoms. The summed E-state index contributed by atoms with van der Waals surface area (Å²) >= 11 is 17.9. The summed E-state index contributed by atoms with van der Waals surface area (Å²) < 4.78 is 9.95. The van der Waals surface area contributed by atoms with Crippen LogP contribution in [0.5, 0.6) is 5.75 Å². The SMILES string of the molecule is CCC(COC(=O)c1c(Cl)c(Cl)cc(Cl)c1OC(=O)C(=O)O)CC(C)C. The highest BCUT2D eigenvalue weighted by Gasteiger charge is 2.28. The van der Waals surface area contributed by atoms with Gasteiger partial charge < -0.3 is 14.6 Å². The van der Waals surface area contributed by atoms with Gasteiger partial charge in [0.15, 0.2) is 5.75 Å². The van der Waals surface area contributed by atoms with Crippen LogP contribution in [0, 0.1) is 11.8 Å². The third kappa shape index (κ3) is 6.04. The van der Waals surface area contributed by atoms with Crippen LogP contribution in [0.25, 0.3) is 0 Å². The molecular formula is C17H19Cl3O6. The second kappa shape index (κ2) is 10.00. The van der Waals surface area contributed by atoms with Gasteiger partial charge in [-0.05, 0) is 24.3 Å². The summed E-state index contributed by atoms with van der Waals surface area (Å²) in [6.07, 6.45) is 1.66. The maximum atomic E-state index is 12.5. The van der Waals surface area contributed by atoms with E-state index in [0.29, 0.717) is 5.92 Å². The lowest BCUT2D eigenvalue weighted by molar-refractivity contribution is -0.158. The molecule has 1 N–H and O–H groups in total. The van der Waals surface area contributed by atoms with Gasteiger partial charge >= 0.3 is 17.9 Å². The Bertz CT molecular complexity index is 702. The molecule has 0 radical (unpaired) electrons. The van der Waals surface area contributed by atoms with E-state index < -0.39 is 29.2 Å². The van der Waals surface area contributed by atoms with E-state index in [1.807, 2.05) is 6.92 Å². The summed E-state index contributed by atoms with van der Waals surface area (Å²) in [6, 6.07) is 1.14. The second-order valence-electron chi connectivity index (χ2n) is 6.06. The number of halogens is 3. The average molecular weight is 426 g/mol. The summed E-state index contributed by atoms with van der Waals surface area (Å²) in [5, 5.41) is 8.14. The molecule has 0 saturated heterocycles. The van der Waals surface area contributed by atoms with Crippen LogP contribution in [0.2, 0.25) is 15.1 Å². The number of hydrogen-bond donors (Lipinski definition) is 1. The zero-order valence-corrected chi connectivity index (χ0v) is 16.7. The molecule has 1 unspecified atom stereocenters. The fourth-order valence-electron chi connectivity index (χ4n) is 2.28. The first kappa shape index (κ1) is 22.5. The molecule has 144 valence electrons. The lowest BCUT2D eigenvalue weighted by atomic mass is 9.96. The molecule has 0 aromatic heterocycles. The van der Waals surface area contributed by atoms with Crippen LogP contribution >= 0.6 is 34.8 Å². The normalized spacial score (nSPS) is 12.0. The molecule has 0 aliphatic rings. The predicted molar refractivity (Wildman–Crippen MR) is 98.3 cm³/mol. The van der Waals surface area contributed by atoms with Gasteiger partial charge in [-0.15, -0.1) is 0 Å². The fraction of sp³-hybridized carbons (Fsp3) is 0.471. The molecule has 1 aromatic carbocycles. The molecule has 0 saturated carbocycles. The maximum Gasteiger partial charge on any atom is 0.422 e. The van der Waals surface area contributed by atoms with Gasteiger partial charge in [-0.3, -0.25) is 0 Å². The lowest BCUT2D eigenvalue weighted by Crippen LogP contribution is -2.22. The van der Waals surface area contributed by atoms with E-state index in [9.17, 15) is 14.4 Å². The molecule has 0 aliphatic heterocycles. The molecule has 0 fully saturated rings. The summed E-state index contributed by atoms with van der Waals surface area (Å²) in [5.74, 6) is -4.32. The zero-order chi connectivity index (χ0) is 20.0. The van der Waals surface area contributed by atoms with Crippen molar-refractivity contribution in [1.29, 1.82) is 0 Å². The Kier molecular flexibility index (Phi) is 8.67. The number of esters is 2. The molecule has 1 rings (SSSR count). The Hall–Kier alpha value is -1.50. The Labute approximate surface area is 166 Å². The lowest BCUT2D eigenvalue weighted by Gasteiger charge is -2.18. The largest absolute Gasteiger partial charge is 0.473 e. The number of carbonyl (C=O) groups is 3. The Morgan fingerprint density at radius 1 is 1.15 bits per heavy atom. The van der Waals surface area contributed by atoms with Gasteiger partial charge in [-0.25, -0.2) is 14.4 Å². The molecule has 1 aromatic rings. The first-order valence-electron chi connectivity index (χ1n) is 7.88. The number of carbonyl (C=O) groups excluding carboxylic acids is 2. The first-order chi connectivity index (χ1) is 12.1. The number of ether oxygens (including phenoxy) is 2. The number of hydrogen-bond acceptors (Lipinski definition) is 5. The molecule has 0 aliphatic carbocycles. The van der Waals surface area contributed by atoms with E-state index in [-0.39, 0.29) is 27.6 Å². The standard InChI is InChI=1S/C17H19Cl3O6/c1-4-9(5-8(2)3)7-25-16(23)12-13(20)10(18)6-11(19)14(12)26-17(24)15(21)22/h6,8-9H,4-5,7H2,1-3H3,(H,21,22). The molecule has 26 heavy (non-hydrogen) atoms. The van der Waals surface area contributed by atoms with Gasteiger partial charge in [0.05, 0.1) is 21.7 Å². The quantitative estimate of drug-likeness (QED) is 0.290. The number of carboxylic acids is 1. The average Bonchev–Trinajstić information content (AvgIpc) is 2.55. The minimum Gasteiger partial charge on any atom is -0.473 e. The second-order valence-corrected chi connectivity index (χ2v) is 7.25. The molecule has 0 heterocycles. The Morgan fingerprint density at radius 3 is 2.27 bits per heavy atom. The number of carboxylic acid groups (broad SMARTS) is 1. The summed E-state index contributed by atoms with van der Waals surface area (Å²) in [6.45, 7) is 6.22. The van der Waals surface area contributed by atoms with Crippen molar-refractivity contribution in [2.45, 2.75) is 33.6 Å². The zero-order valence-electron chi connectivity index (χ0n) is 14.5. The monoisotopic (exact) mass is 424 g/mol. The minimum absolute atomic E-state index is 0.0621. The van der Waals surface area contributed by atoms with Crippen LogP contribution in [0.15, 0.2) is 6.07 Å². The molecule has 0 bridgehead atoms. The van der Waals surface area contributed by atoms with Crippen LogP contribution < -0.4 is 4.74 Å².